The lowest BCUT2D eigenvalue weighted by molar-refractivity contribution is 0.0628. The number of benzene rings is 2. The van der Waals surface area contributed by atoms with E-state index < -0.39 is 0 Å². The molecule has 0 atom stereocenters. The topological polar surface area (TPSA) is 45.7 Å². The van der Waals surface area contributed by atoms with E-state index in [0.29, 0.717) is 23.7 Å². The van der Waals surface area contributed by atoms with Crippen LogP contribution in [0.15, 0.2) is 53.9 Å². The van der Waals surface area contributed by atoms with E-state index in [1.165, 1.54) is 0 Å². The Kier molecular flexibility index (Phi) is 6.13. The summed E-state index contributed by atoms with van der Waals surface area (Å²) in [5.41, 5.74) is 2.65. The first-order valence-corrected chi connectivity index (χ1v) is 10.7. The highest BCUT2D eigenvalue weighted by Gasteiger charge is 2.24. The Morgan fingerprint density at radius 2 is 1.83 bits per heavy atom. The zero-order valence-electron chi connectivity index (χ0n) is 16.2. The number of hydrogen-bond donors (Lipinski definition) is 0. The number of rotatable bonds is 5. The lowest BCUT2D eigenvalue weighted by Crippen LogP contribution is -2.48. The molecule has 7 heteroatoms. The predicted molar refractivity (Wildman–Crippen MR) is 117 cm³/mol. The third-order valence-corrected chi connectivity index (χ3v) is 6.22. The van der Waals surface area contributed by atoms with Crippen molar-refractivity contribution in [2.24, 2.45) is 0 Å². The fourth-order valence-electron chi connectivity index (χ4n) is 3.38. The minimum Gasteiger partial charge on any atom is -0.497 e. The molecule has 4 rings (SSSR count). The standard InChI is InChI=1S/C22H22ClN3O2S/c1-28-17-8-6-16(7-9-17)20-15-29-21(24-20)14-25-10-12-26(13-11-25)22(27)18-4-2-3-5-19(18)23/h2-9,15H,10-14H2,1H3. The number of methoxy groups -OCH3 is 1. The summed E-state index contributed by atoms with van der Waals surface area (Å²) in [5, 5.41) is 3.68. The van der Waals surface area contributed by atoms with E-state index in [2.05, 4.69) is 10.3 Å². The van der Waals surface area contributed by atoms with Gasteiger partial charge in [0.05, 0.1) is 29.9 Å². The Bertz CT molecular complexity index is 982. The summed E-state index contributed by atoms with van der Waals surface area (Å²) in [6, 6.07) is 15.2. The molecule has 0 spiro atoms. The number of halogens is 1. The van der Waals surface area contributed by atoms with Crippen molar-refractivity contribution >= 4 is 28.8 Å². The maximum Gasteiger partial charge on any atom is 0.255 e. The third-order valence-electron chi connectivity index (χ3n) is 5.06. The molecular weight excluding hydrogens is 406 g/mol. The average Bonchev–Trinajstić information content (AvgIpc) is 3.23. The smallest absolute Gasteiger partial charge is 0.255 e. The number of hydrogen-bond acceptors (Lipinski definition) is 5. The van der Waals surface area contributed by atoms with Gasteiger partial charge in [-0.3, -0.25) is 9.69 Å². The van der Waals surface area contributed by atoms with Crippen LogP contribution in [0.2, 0.25) is 5.02 Å². The molecule has 1 saturated heterocycles. The van der Waals surface area contributed by atoms with Gasteiger partial charge in [-0.15, -0.1) is 11.3 Å². The summed E-state index contributed by atoms with van der Waals surface area (Å²) in [7, 11) is 1.66. The van der Waals surface area contributed by atoms with Crippen LogP contribution in [0.1, 0.15) is 15.4 Å². The minimum atomic E-state index is 0.00582. The van der Waals surface area contributed by atoms with E-state index in [9.17, 15) is 4.79 Å². The molecule has 0 bridgehead atoms. The molecule has 1 aliphatic rings. The quantitative estimate of drug-likeness (QED) is 0.604. The van der Waals surface area contributed by atoms with Gasteiger partial charge in [-0.05, 0) is 36.4 Å². The highest BCUT2D eigenvalue weighted by molar-refractivity contribution is 7.09. The minimum absolute atomic E-state index is 0.00582. The molecule has 1 fully saturated rings. The van der Waals surface area contributed by atoms with Crippen LogP contribution in [0.5, 0.6) is 5.75 Å². The molecule has 3 aromatic rings. The first-order valence-electron chi connectivity index (χ1n) is 9.49. The molecule has 150 valence electrons. The van der Waals surface area contributed by atoms with E-state index in [-0.39, 0.29) is 5.91 Å². The summed E-state index contributed by atoms with van der Waals surface area (Å²) in [6.45, 7) is 3.85. The van der Waals surface area contributed by atoms with Crippen molar-refractivity contribution in [3.8, 4) is 17.0 Å². The van der Waals surface area contributed by atoms with Crippen LogP contribution in [0, 0.1) is 0 Å². The number of aromatic nitrogens is 1. The van der Waals surface area contributed by atoms with Gasteiger partial charge in [0, 0.05) is 37.1 Å². The lowest BCUT2D eigenvalue weighted by Gasteiger charge is -2.34. The lowest BCUT2D eigenvalue weighted by atomic mass is 10.1. The largest absolute Gasteiger partial charge is 0.497 e. The second kappa shape index (κ2) is 8.95. The number of thiazole rings is 1. The highest BCUT2D eigenvalue weighted by Crippen LogP contribution is 2.25. The van der Waals surface area contributed by atoms with Gasteiger partial charge in [0.25, 0.3) is 5.91 Å². The van der Waals surface area contributed by atoms with E-state index in [1.54, 1.807) is 30.6 Å². The first kappa shape index (κ1) is 19.9. The summed E-state index contributed by atoms with van der Waals surface area (Å²) in [4.78, 5) is 21.7. The summed E-state index contributed by atoms with van der Waals surface area (Å²) >= 11 is 7.84. The van der Waals surface area contributed by atoms with Gasteiger partial charge in [0.1, 0.15) is 10.8 Å². The van der Waals surface area contributed by atoms with Crippen molar-refractivity contribution in [1.29, 1.82) is 0 Å². The van der Waals surface area contributed by atoms with Crippen LogP contribution >= 0.6 is 22.9 Å². The van der Waals surface area contributed by atoms with E-state index >= 15 is 0 Å². The maximum absolute atomic E-state index is 12.7. The van der Waals surface area contributed by atoms with Crippen molar-refractivity contribution in [3.63, 3.8) is 0 Å². The number of piperazine rings is 1. The Labute approximate surface area is 179 Å². The summed E-state index contributed by atoms with van der Waals surface area (Å²) in [5.74, 6) is 0.847. The van der Waals surface area contributed by atoms with Crippen LogP contribution in [-0.2, 0) is 6.54 Å². The highest BCUT2D eigenvalue weighted by atomic mass is 35.5. The molecule has 0 radical (unpaired) electrons. The number of ether oxygens (including phenoxy) is 1. The maximum atomic E-state index is 12.7. The summed E-state index contributed by atoms with van der Waals surface area (Å²) in [6.07, 6.45) is 0. The zero-order chi connectivity index (χ0) is 20.2. The van der Waals surface area contributed by atoms with Gasteiger partial charge in [0.15, 0.2) is 0 Å². The fourth-order valence-corrected chi connectivity index (χ4v) is 4.44. The Hall–Kier alpha value is -2.41. The van der Waals surface area contributed by atoms with Gasteiger partial charge < -0.3 is 9.64 Å². The van der Waals surface area contributed by atoms with E-state index in [1.807, 2.05) is 41.3 Å². The zero-order valence-corrected chi connectivity index (χ0v) is 17.7. The van der Waals surface area contributed by atoms with Crippen molar-refractivity contribution in [2.75, 3.05) is 33.3 Å². The average molecular weight is 428 g/mol. The van der Waals surface area contributed by atoms with Crippen LogP contribution < -0.4 is 4.74 Å². The molecule has 2 aromatic carbocycles. The van der Waals surface area contributed by atoms with E-state index in [4.69, 9.17) is 21.3 Å². The van der Waals surface area contributed by atoms with Crippen molar-refractivity contribution in [3.05, 3.63) is 69.5 Å². The molecule has 0 N–H and O–H groups in total. The Morgan fingerprint density at radius 3 is 2.52 bits per heavy atom. The molecule has 0 unspecified atom stereocenters. The Morgan fingerprint density at radius 1 is 1.10 bits per heavy atom. The molecule has 0 saturated carbocycles. The van der Waals surface area contributed by atoms with Gasteiger partial charge in [-0.1, -0.05) is 23.7 Å². The van der Waals surface area contributed by atoms with Crippen molar-refractivity contribution in [2.45, 2.75) is 6.54 Å². The molecular formula is C22H22ClN3O2S. The van der Waals surface area contributed by atoms with Gasteiger partial charge in [-0.2, -0.15) is 0 Å². The van der Waals surface area contributed by atoms with Crippen LogP contribution in [0.25, 0.3) is 11.3 Å². The molecule has 29 heavy (non-hydrogen) atoms. The second-order valence-corrected chi connectivity index (χ2v) is 8.25. The van der Waals surface area contributed by atoms with Gasteiger partial charge in [0.2, 0.25) is 0 Å². The predicted octanol–water partition coefficient (Wildman–Crippen LogP) is 4.43. The van der Waals surface area contributed by atoms with Gasteiger partial charge in [-0.25, -0.2) is 4.98 Å². The Balaban J connectivity index is 1.33. The first-order chi connectivity index (χ1) is 14.1. The fraction of sp³-hybridized carbons (Fsp3) is 0.273. The molecule has 1 aromatic heterocycles. The van der Waals surface area contributed by atoms with E-state index in [0.717, 1.165) is 41.6 Å². The molecule has 1 amide bonds. The molecule has 1 aliphatic heterocycles. The number of carbonyl (C=O) groups excluding carboxylic acids is 1. The van der Waals surface area contributed by atoms with Gasteiger partial charge >= 0.3 is 0 Å². The monoisotopic (exact) mass is 427 g/mol. The van der Waals surface area contributed by atoms with Crippen LogP contribution in [-0.4, -0.2) is 54.0 Å². The number of amides is 1. The second-order valence-electron chi connectivity index (χ2n) is 6.90. The van der Waals surface area contributed by atoms with Crippen molar-refractivity contribution < 1.29 is 9.53 Å². The number of carbonyl (C=O) groups is 1. The van der Waals surface area contributed by atoms with Crippen LogP contribution in [0.4, 0.5) is 0 Å². The number of nitrogens with zero attached hydrogens (tertiary/aromatic N) is 3. The molecule has 0 aliphatic carbocycles. The normalized spacial score (nSPS) is 14.8. The molecule has 5 nitrogen and oxygen atoms in total. The third kappa shape index (κ3) is 4.61. The summed E-state index contributed by atoms with van der Waals surface area (Å²) < 4.78 is 5.21. The SMILES string of the molecule is COc1ccc(-c2csc(CN3CCN(C(=O)c4ccccc4Cl)CC3)n2)cc1. The van der Waals surface area contributed by atoms with Crippen LogP contribution in [0.3, 0.4) is 0 Å². The molecule has 2 heterocycles. The van der Waals surface area contributed by atoms with Crippen molar-refractivity contribution in [1.82, 2.24) is 14.8 Å².